The molecule has 0 saturated carbocycles. The zero-order valence-electron chi connectivity index (χ0n) is 11.3. The largest absolute Gasteiger partial charge is 0.497 e. The molecule has 0 aliphatic heterocycles. The van der Waals surface area contributed by atoms with Crippen molar-refractivity contribution in [3.8, 4) is 5.75 Å². The van der Waals surface area contributed by atoms with E-state index in [1.807, 2.05) is 36.9 Å². The number of benzene rings is 1. The summed E-state index contributed by atoms with van der Waals surface area (Å²) < 4.78 is 7.11. The van der Waals surface area contributed by atoms with Crippen LogP contribution in [0.1, 0.15) is 17.0 Å². The Kier molecular flexibility index (Phi) is 3.55. The Morgan fingerprint density at radius 3 is 2.72 bits per heavy atom. The number of nitrogens with one attached hydrogen (secondary N) is 1. The molecule has 1 aromatic heterocycles. The predicted molar refractivity (Wildman–Crippen MR) is 73.0 cm³/mol. The van der Waals surface area contributed by atoms with Crippen molar-refractivity contribution in [2.75, 3.05) is 12.4 Å². The van der Waals surface area contributed by atoms with E-state index in [0.29, 0.717) is 0 Å². The average Bonchev–Trinajstić information content (AvgIpc) is 2.61. The first-order valence-electron chi connectivity index (χ1n) is 5.99. The smallest absolute Gasteiger partial charge is 0.119 e. The van der Waals surface area contributed by atoms with Crippen molar-refractivity contribution in [3.05, 3.63) is 41.2 Å². The van der Waals surface area contributed by atoms with Gasteiger partial charge in [0.05, 0.1) is 24.2 Å². The molecule has 4 nitrogen and oxygen atoms in total. The number of aryl methyl sites for hydroxylation is 2. The summed E-state index contributed by atoms with van der Waals surface area (Å²) in [5, 5.41) is 7.82. The van der Waals surface area contributed by atoms with Crippen LogP contribution in [-0.4, -0.2) is 16.9 Å². The lowest BCUT2D eigenvalue weighted by Gasteiger charge is -2.08. The van der Waals surface area contributed by atoms with Gasteiger partial charge in [0.15, 0.2) is 0 Å². The van der Waals surface area contributed by atoms with E-state index in [9.17, 15) is 0 Å². The Morgan fingerprint density at radius 1 is 1.33 bits per heavy atom. The molecule has 0 bridgehead atoms. The first-order valence-corrected chi connectivity index (χ1v) is 5.99. The van der Waals surface area contributed by atoms with Crippen LogP contribution >= 0.6 is 0 Å². The summed E-state index contributed by atoms with van der Waals surface area (Å²) in [6.45, 7) is 4.85. The van der Waals surface area contributed by atoms with E-state index in [2.05, 4.69) is 23.4 Å². The number of rotatable bonds is 4. The first-order chi connectivity index (χ1) is 8.61. The molecule has 1 N–H and O–H groups in total. The molecule has 0 aliphatic carbocycles. The molecule has 2 aromatic rings. The van der Waals surface area contributed by atoms with Gasteiger partial charge in [0.25, 0.3) is 0 Å². The predicted octanol–water partition coefficient (Wildman–Crippen LogP) is 2.66. The maximum absolute atomic E-state index is 5.21. The number of methoxy groups -OCH3 is 1. The van der Waals surface area contributed by atoms with Gasteiger partial charge in [-0.1, -0.05) is 12.1 Å². The van der Waals surface area contributed by atoms with Gasteiger partial charge in [0, 0.05) is 13.6 Å². The molecule has 1 heterocycles. The van der Waals surface area contributed by atoms with Gasteiger partial charge >= 0.3 is 0 Å². The Bertz CT molecular complexity index is 546. The maximum Gasteiger partial charge on any atom is 0.119 e. The highest BCUT2D eigenvalue weighted by Gasteiger charge is 2.08. The highest BCUT2D eigenvalue weighted by molar-refractivity contribution is 5.52. The Balaban J connectivity index is 2.11. The zero-order valence-corrected chi connectivity index (χ0v) is 11.3. The fourth-order valence-corrected chi connectivity index (χ4v) is 2.00. The molecule has 0 saturated heterocycles. The van der Waals surface area contributed by atoms with Gasteiger partial charge < -0.3 is 10.1 Å². The van der Waals surface area contributed by atoms with E-state index in [-0.39, 0.29) is 0 Å². The van der Waals surface area contributed by atoms with Crippen LogP contribution in [0, 0.1) is 13.8 Å². The van der Waals surface area contributed by atoms with Crippen molar-refractivity contribution in [1.82, 2.24) is 9.78 Å². The van der Waals surface area contributed by atoms with Crippen LogP contribution in [0.15, 0.2) is 24.3 Å². The third-order valence-electron chi connectivity index (χ3n) is 3.11. The zero-order chi connectivity index (χ0) is 13.1. The van der Waals surface area contributed by atoms with E-state index >= 15 is 0 Å². The van der Waals surface area contributed by atoms with E-state index in [1.54, 1.807) is 7.11 Å². The molecular formula is C14H19N3O. The van der Waals surface area contributed by atoms with Crippen LogP contribution in [0.25, 0.3) is 0 Å². The van der Waals surface area contributed by atoms with Crippen LogP contribution in [0.3, 0.4) is 0 Å². The van der Waals surface area contributed by atoms with E-state index in [0.717, 1.165) is 29.4 Å². The van der Waals surface area contributed by atoms with Crippen molar-refractivity contribution in [2.24, 2.45) is 7.05 Å². The standard InChI is InChI=1S/C14H19N3O/c1-10-14(11(2)17(3)16-10)15-9-12-6-5-7-13(8-12)18-4/h5-8,15H,9H2,1-4H3. The number of anilines is 1. The summed E-state index contributed by atoms with van der Waals surface area (Å²) in [5.41, 5.74) is 4.48. The molecular weight excluding hydrogens is 226 g/mol. The van der Waals surface area contributed by atoms with Crippen molar-refractivity contribution in [2.45, 2.75) is 20.4 Å². The number of aromatic nitrogens is 2. The van der Waals surface area contributed by atoms with Gasteiger partial charge in [-0.2, -0.15) is 5.10 Å². The molecule has 0 amide bonds. The fourth-order valence-electron chi connectivity index (χ4n) is 2.00. The summed E-state index contributed by atoms with van der Waals surface area (Å²) in [4.78, 5) is 0. The van der Waals surface area contributed by atoms with Crippen LogP contribution in [0.2, 0.25) is 0 Å². The SMILES string of the molecule is COc1cccc(CNc2c(C)nn(C)c2C)c1. The third-order valence-corrected chi connectivity index (χ3v) is 3.11. The van der Waals surface area contributed by atoms with Crippen LogP contribution < -0.4 is 10.1 Å². The van der Waals surface area contributed by atoms with Crippen molar-refractivity contribution >= 4 is 5.69 Å². The molecule has 2 rings (SSSR count). The molecule has 96 valence electrons. The van der Waals surface area contributed by atoms with Gasteiger partial charge in [-0.15, -0.1) is 0 Å². The second-order valence-electron chi connectivity index (χ2n) is 4.37. The minimum atomic E-state index is 0.768. The topological polar surface area (TPSA) is 39.1 Å². The van der Waals surface area contributed by atoms with Gasteiger partial charge in [-0.05, 0) is 31.5 Å². The molecule has 0 fully saturated rings. The summed E-state index contributed by atoms with van der Waals surface area (Å²) in [7, 11) is 3.64. The molecule has 0 spiro atoms. The van der Waals surface area contributed by atoms with Crippen LogP contribution in [0.4, 0.5) is 5.69 Å². The van der Waals surface area contributed by atoms with Crippen molar-refractivity contribution < 1.29 is 4.74 Å². The lowest BCUT2D eigenvalue weighted by Crippen LogP contribution is -2.02. The highest BCUT2D eigenvalue weighted by Crippen LogP contribution is 2.20. The number of hydrogen-bond acceptors (Lipinski definition) is 3. The molecule has 0 atom stereocenters. The van der Waals surface area contributed by atoms with Gasteiger partial charge in [0.1, 0.15) is 5.75 Å². The maximum atomic E-state index is 5.21. The summed E-state index contributed by atoms with van der Waals surface area (Å²) in [6.07, 6.45) is 0. The number of nitrogens with zero attached hydrogens (tertiary/aromatic N) is 2. The Labute approximate surface area is 108 Å². The summed E-state index contributed by atoms with van der Waals surface area (Å²) >= 11 is 0. The average molecular weight is 245 g/mol. The Morgan fingerprint density at radius 2 is 2.11 bits per heavy atom. The molecule has 4 heteroatoms. The van der Waals surface area contributed by atoms with Gasteiger partial charge in [0.2, 0.25) is 0 Å². The molecule has 18 heavy (non-hydrogen) atoms. The van der Waals surface area contributed by atoms with E-state index in [1.165, 1.54) is 5.56 Å². The Hall–Kier alpha value is -1.97. The van der Waals surface area contributed by atoms with Gasteiger partial charge in [-0.25, -0.2) is 0 Å². The van der Waals surface area contributed by atoms with Crippen molar-refractivity contribution in [1.29, 1.82) is 0 Å². The van der Waals surface area contributed by atoms with E-state index < -0.39 is 0 Å². The minimum Gasteiger partial charge on any atom is -0.497 e. The van der Waals surface area contributed by atoms with Gasteiger partial charge in [-0.3, -0.25) is 4.68 Å². The fraction of sp³-hybridized carbons (Fsp3) is 0.357. The minimum absolute atomic E-state index is 0.768. The second-order valence-corrected chi connectivity index (χ2v) is 4.37. The van der Waals surface area contributed by atoms with Crippen molar-refractivity contribution in [3.63, 3.8) is 0 Å². The monoisotopic (exact) mass is 245 g/mol. The normalized spacial score (nSPS) is 10.4. The van der Waals surface area contributed by atoms with Crippen LogP contribution in [0.5, 0.6) is 5.75 Å². The quantitative estimate of drug-likeness (QED) is 0.900. The van der Waals surface area contributed by atoms with E-state index in [4.69, 9.17) is 4.74 Å². The molecule has 0 radical (unpaired) electrons. The first kappa shape index (κ1) is 12.5. The second kappa shape index (κ2) is 5.12. The highest BCUT2D eigenvalue weighted by atomic mass is 16.5. The lowest BCUT2D eigenvalue weighted by atomic mass is 10.2. The molecule has 0 unspecified atom stereocenters. The molecule has 0 aliphatic rings. The summed E-state index contributed by atoms with van der Waals surface area (Å²) in [5.74, 6) is 0.883. The van der Waals surface area contributed by atoms with Crippen LogP contribution in [-0.2, 0) is 13.6 Å². The summed E-state index contributed by atoms with van der Waals surface area (Å²) in [6, 6.07) is 8.06. The third kappa shape index (κ3) is 2.47. The lowest BCUT2D eigenvalue weighted by molar-refractivity contribution is 0.414. The molecule has 1 aromatic carbocycles. The number of ether oxygens (including phenoxy) is 1. The number of hydrogen-bond donors (Lipinski definition) is 1.